The molecular formula is C17H19N5. The molecular weight excluding hydrogens is 274 g/mol. The Morgan fingerprint density at radius 2 is 2.05 bits per heavy atom. The highest BCUT2D eigenvalue weighted by Crippen LogP contribution is 2.19. The molecule has 22 heavy (non-hydrogen) atoms. The van der Waals surface area contributed by atoms with E-state index < -0.39 is 0 Å². The molecule has 0 aliphatic rings. The van der Waals surface area contributed by atoms with Crippen molar-refractivity contribution >= 4 is 5.69 Å². The fraction of sp³-hybridized carbons (Fsp3) is 0.235. The lowest BCUT2D eigenvalue weighted by atomic mass is 10.1. The second-order valence-corrected chi connectivity index (χ2v) is 5.51. The average Bonchev–Trinajstić information content (AvgIpc) is 3.08. The van der Waals surface area contributed by atoms with Gasteiger partial charge in [0.1, 0.15) is 6.33 Å². The van der Waals surface area contributed by atoms with Crippen LogP contribution in [0.1, 0.15) is 31.0 Å². The molecule has 0 unspecified atom stereocenters. The number of nitrogens with one attached hydrogen (secondary N) is 2. The molecule has 2 heterocycles. The number of hydrogen-bond acceptors (Lipinski definition) is 4. The van der Waals surface area contributed by atoms with Crippen molar-refractivity contribution < 1.29 is 0 Å². The maximum atomic E-state index is 4.49. The van der Waals surface area contributed by atoms with E-state index in [1.807, 2.05) is 24.4 Å². The summed E-state index contributed by atoms with van der Waals surface area (Å²) in [5, 5.41) is 10.2. The van der Waals surface area contributed by atoms with Gasteiger partial charge in [-0.25, -0.2) is 4.98 Å². The summed E-state index contributed by atoms with van der Waals surface area (Å²) in [6.45, 7) is 5.04. The second-order valence-electron chi connectivity index (χ2n) is 5.51. The molecule has 0 saturated heterocycles. The van der Waals surface area contributed by atoms with Crippen LogP contribution in [0.4, 0.5) is 5.69 Å². The lowest BCUT2D eigenvalue weighted by Gasteiger charge is -2.09. The first-order valence-corrected chi connectivity index (χ1v) is 7.37. The summed E-state index contributed by atoms with van der Waals surface area (Å²) in [5.41, 5.74) is 4.34. The zero-order valence-electron chi connectivity index (χ0n) is 12.7. The van der Waals surface area contributed by atoms with Gasteiger partial charge >= 0.3 is 0 Å². The van der Waals surface area contributed by atoms with Crippen molar-refractivity contribution in [2.24, 2.45) is 0 Å². The van der Waals surface area contributed by atoms with Gasteiger partial charge in [-0.15, -0.1) is 0 Å². The molecule has 0 atom stereocenters. The third kappa shape index (κ3) is 3.31. The van der Waals surface area contributed by atoms with Crippen LogP contribution in [-0.4, -0.2) is 20.2 Å². The van der Waals surface area contributed by atoms with Crippen molar-refractivity contribution in [1.82, 2.24) is 20.2 Å². The Bertz CT molecular complexity index is 717. The first-order chi connectivity index (χ1) is 10.7. The van der Waals surface area contributed by atoms with Gasteiger partial charge in [0.15, 0.2) is 5.82 Å². The molecule has 0 spiro atoms. The SMILES string of the molecule is CC(C)c1ccc(CNc2cccc(-c3ncn[nH]3)c2)cn1. The molecule has 0 fully saturated rings. The number of rotatable bonds is 5. The average molecular weight is 293 g/mol. The van der Waals surface area contributed by atoms with E-state index in [1.165, 1.54) is 6.33 Å². The molecule has 3 rings (SSSR count). The lowest BCUT2D eigenvalue weighted by molar-refractivity contribution is 0.819. The monoisotopic (exact) mass is 293 g/mol. The maximum absolute atomic E-state index is 4.49. The fourth-order valence-electron chi connectivity index (χ4n) is 2.21. The van der Waals surface area contributed by atoms with Gasteiger partial charge in [-0.05, 0) is 29.7 Å². The Balaban J connectivity index is 1.67. The summed E-state index contributed by atoms with van der Waals surface area (Å²) in [6.07, 6.45) is 3.44. The van der Waals surface area contributed by atoms with Gasteiger partial charge in [-0.3, -0.25) is 10.1 Å². The maximum Gasteiger partial charge on any atom is 0.155 e. The fourth-order valence-corrected chi connectivity index (χ4v) is 2.21. The number of anilines is 1. The van der Waals surface area contributed by atoms with Gasteiger partial charge in [-0.1, -0.05) is 32.0 Å². The van der Waals surface area contributed by atoms with Crippen molar-refractivity contribution in [3.8, 4) is 11.4 Å². The predicted octanol–water partition coefficient (Wildman–Crippen LogP) is 3.60. The van der Waals surface area contributed by atoms with Crippen LogP contribution in [0.2, 0.25) is 0 Å². The van der Waals surface area contributed by atoms with Crippen molar-refractivity contribution in [1.29, 1.82) is 0 Å². The van der Waals surface area contributed by atoms with Crippen molar-refractivity contribution in [2.75, 3.05) is 5.32 Å². The zero-order chi connectivity index (χ0) is 15.4. The van der Waals surface area contributed by atoms with Crippen LogP contribution in [-0.2, 0) is 6.54 Å². The third-order valence-electron chi connectivity index (χ3n) is 3.49. The third-order valence-corrected chi connectivity index (χ3v) is 3.49. The summed E-state index contributed by atoms with van der Waals surface area (Å²) >= 11 is 0. The van der Waals surface area contributed by atoms with Gasteiger partial charge in [-0.2, -0.15) is 5.10 Å². The number of H-pyrrole nitrogens is 1. The Kier molecular flexibility index (Phi) is 4.14. The molecule has 0 aliphatic carbocycles. The highest BCUT2D eigenvalue weighted by Gasteiger charge is 2.03. The van der Waals surface area contributed by atoms with E-state index in [0.717, 1.165) is 34.9 Å². The Hall–Kier alpha value is -2.69. The molecule has 0 aliphatic heterocycles. The van der Waals surface area contributed by atoms with Crippen LogP contribution in [0.5, 0.6) is 0 Å². The van der Waals surface area contributed by atoms with E-state index >= 15 is 0 Å². The molecule has 112 valence electrons. The summed E-state index contributed by atoms with van der Waals surface area (Å²) in [5.74, 6) is 1.23. The quantitative estimate of drug-likeness (QED) is 0.754. The Labute approximate surface area is 129 Å². The number of aromatic nitrogens is 4. The minimum atomic E-state index is 0.459. The zero-order valence-corrected chi connectivity index (χ0v) is 12.7. The molecule has 5 heteroatoms. The molecule has 5 nitrogen and oxygen atoms in total. The highest BCUT2D eigenvalue weighted by molar-refractivity contribution is 5.61. The van der Waals surface area contributed by atoms with E-state index in [1.54, 1.807) is 0 Å². The molecule has 2 N–H and O–H groups in total. The minimum Gasteiger partial charge on any atom is -0.381 e. The van der Waals surface area contributed by atoms with Gasteiger partial charge in [0.25, 0.3) is 0 Å². The molecule has 3 aromatic rings. The normalized spacial score (nSPS) is 10.9. The van der Waals surface area contributed by atoms with Crippen LogP contribution in [0, 0.1) is 0 Å². The van der Waals surface area contributed by atoms with Crippen molar-refractivity contribution in [3.05, 3.63) is 60.2 Å². The lowest BCUT2D eigenvalue weighted by Crippen LogP contribution is -2.01. The number of benzene rings is 1. The Morgan fingerprint density at radius 1 is 1.14 bits per heavy atom. The van der Waals surface area contributed by atoms with Gasteiger partial charge < -0.3 is 5.32 Å². The summed E-state index contributed by atoms with van der Waals surface area (Å²) in [4.78, 5) is 8.65. The van der Waals surface area contributed by atoms with Crippen LogP contribution >= 0.6 is 0 Å². The molecule has 0 radical (unpaired) electrons. The molecule has 0 saturated carbocycles. The van der Waals surface area contributed by atoms with Crippen LogP contribution < -0.4 is 5.32 Å². The number of aromatic amines is 1. The first-order valence-electron chi connectivity index (χ1n) is 7.37. The van der Waals surface area contributed by atoms with Gasteiger partial charge in [0, 0.05) is 29.7 Å². The molecule has 0 amide bonds. The van der Waals surface area contributed by atoms with E-state index in [0.29, 0.717) is 5.92 Å². The number of nitrogens with zero attached hydrogens (tertiary/aromatic N) is 3. The van der Waals surface area contributed by atoms with E-state index in [2.05, 4.69) is 57.5 Å². The van der Waals surface area contributed by atoms with Crippen LogP contribution in [0.25, 0.3) is 11.4 Å². The largest absolute Gasteiger partial charge is 0.381 e. The van der Waals surface area contributed by atoms with Crippen molar-refractivity contribution in [2.45, 2.75) is 26.3 Å². The van der Waals surface area contributed by atoms with Crippen LogP contribution in [0.3, 0.4) is 0 Å². The van der Waals surface area contributed by atoms with Crippen molar-refractivity contribution in [3.63, 3.8) is 0 Å². The topological polar surface area (TPSA) is 66.5 Å². The molecule has 1 aromatic carbocycles. The van der Waals surface area contributed by atoms with E-state index in [4.69, 9.17) is 0 Å². The smallest absolute Gasteiger partial charge is 0.155 e. The standard InChI is InChI=1S/C17H19N5/c1-12(2)16-7-6-13(10-19-16)9-18-15-5-3-4-14(8-15)17-20-11-21-22-17/h3-8,10-12,18H,9H2,1-2H3,(H,20,21,22). The van der Waals surface area contributed by atoms with Gasteiger partial charge in [0.2, 0.25) is 0 Å². The second kappa shape index (κ2) is 6.39. The highest BCUT2D eigenvalue weighted by atomic mass is 15.2. The van der Waals surface area contributed by atoms with Crippen LogP contribution in [0.15, 0.2) is 48.9 Å². The minimum absolute atomic E-state index is 0.459. The summed E-state index contributed by atoms with van der Waals surface area (Å²) in [7, 11) is 0. The van der Waals surface area contributed by atoms with E-state index in [-0.39, 0.29) is 0 Å². The first kappa shape index (κ1) is 14.3. The number of pyridine rings is 1. The molecule has 0 bridgehead atoms. The van der Waals surface area contributed by atoms with Gasteiger partial charge in [0.05, 0.1) is 0 Å². The Morgan fingerprint density at radius 3 is 2.73 bits per heavy atom. The predicted molar refractivity (Wildman–Crippen MR) is 87.5 cm³/mol. The number of hydrogen-bond donors (Lipinski definition) is 2. The summed E-state index contributed by atoms with van der Waals surface area (Å²) < 4.78 is 0. The van der Waals surface area contributed by atoms with E-state index in [9.17, 15) is 0 Å². The summed E-state index contributed by atoms with van der Waals surface area (Å²) in [6, 6.07) is 12.3. The molecule has 2 aromatic heterocycles.